The molecule has 2 rings (SSSR count). The maximum absolute atomic E-state index is 10.2. The Morgan fingerprint density at radius 3 is 2.35 bits per heavy atom. The van der Waals surface area contributed by atoms with Crippen LogP contribution in [-0.2, 0) is 6.54 Å². The molecule has 92 valence electrons. The molecule has 1 N–H and O–H groups in total. The van der Waals surface area contributed by atoms with Gasteiger partial charge in [-0.05, 0) is 20.8 Å². The molecular weight excluding hydrogens is 216 g/mol. The van der Waals surface area contributed by atoms with Crippen LogP contribution >= 0.6 is 0 Å². The van der Waals surface area contributed by atoms with Gasteiger partial charge in [0.1, 0.15) is 6.10 Å². The van der Waals surface area contributed by atoms with Gasteiger partial charge in [-0.2, -0.15) is 10.2 Å². The standard InChI is InChI=1S/C12H18N4O/c1-4-15-7-10(5-13-15)12(17)11-6-14-16(8-11)9(2)3/h5-9,12,17H,4H2,1-3H3. The first kappa shape index (κ1) is 11.9. The minimum absolute atomic E-state index is 0.300. The molecule has 0 saturated heterocycles. The van der Waals surface area contributed by atoms with Crippen LogP contribution < -0.4 is 0 Å². The molecule has 0 spiro atoms. The molecule has 2 heterocycles. The first-order valence-electron chi connectivity index (χ1n) is 5.86. The first-order valence-corrected chi connectivity index (χ1v) is 5.86. The number of hydrogen-bond donors (Lipinski definition) is 1. The van der Waals surface area contributed by atoms with Crippen LogP contribution in [0.2, 0.25) is 0 Å². The molecule has 0 aliphatic rings. The van der Waals surface area contributed by atoms with Gasteiger partial charge in [0, 0.05) is 36.1 Å². The minimum Gasteiger partial charge on any atom is -0.383 e. The molecule has 5 heteroatoms. The van der Waals surface area contributed by atoms with E-state index in [2.05, 4.69) is 24.0 Å². The van der Waals surface area contributed by atoms with Crippen molar-refractivity contribution in [1.82, 2.24) is 19.6 Å². The quantitative estimate of drug-likeness (QED) is 0.877. The highest BCUT2D eigenvalue weighted by atomic mass is 16.3. The monoisotopic (exact) mass is 234 g/mol. The Balaban J connectivity index is 2.20. The van der Waals surface area contributed by atoms with Gasteiger partial charge >= 0.3 is 0 Å². The molecule has 2 aromatic rings. The summed E-state index contributed by atoms with van der Waals surface area (Å²) in [4.78, 5) is 0. The molecule has 0 saturated carbocycles. The van der Waals surface area contributed by atoms with Crippen molar-refractivity contribution in [2.24, 2.45) is 0 Å². The van der Waals surface area contributed by atoms with Crippen LogP contribution in [0.4, 0.5) is 0 Å². The molecule has 0 fully saturated rings. The van der Waals surface area contributed by atoms with Crippen LogP contribution in [0.25, 0.3) is 0 Å². The number of aliphatic hydroxyl groups excluding tert-OH is 1. The fourth-order valence-corrected chi connectivity index (χ4v) is 1.66. The van der Waals surface area contributed by atoms with Crippen molar-refractivity contribution in [3.05, 3.63) is 35.9 Å². The van der Waals surface area contributed by atoms with Gasteiger partial charge < -0.3 is 5.11 Å². The molecular formula is C12H18N4O. The van der Waals surface area contributed by atoms with Gasteiger partial charge in [0.15, 0.2) is 0 Å². The van der Waals surface area contributed by atoms with Crippen molar-refractivity contribution in [2.45, 2.75) is 39.5 Å². The van der Waals surface area contributed by atoms with E-state index in [1.54, 1.807) is 17.1 Å². The van der Waals surface area contributed by atoms with E-state index in [1.807, 2.05) is 24.0 Å². The first-order chi connectivity index (χ1) is 8.11. The summed E-state index contributed by atoms with van der Waals surface area (Å²) in [6, 6.07) is 0.300. The zero-order valence-corrected chi connectivity index (χ0v) is 10.4. The van der Waals surface area contributed by atoms with Gasteiger partial charge in [-0.3, -0.25) is 9.36 Å². The third kappa shape index (κ3) is 2.39. The van der Waals surface area contributed by atoms with Crippen LogP contribution in [0.5, 0.6) is 0 Å². The summed E-state index contributed by atoms with van der Waals surface area (Å²) in [5.41, 5.74) is 1.60. The molecule has 0 radical (unpaired) electrons. The lowest BCUT2D eigenvalue weighted by molar-refractivity contribution is 0.220. The Morgan fingerprint density at radius 2 is 1.82 bits per heavy atom. The molecule has 0 bridgehead atoms. The number of aliphatic hydroxyl groups is 1. The highest BCUT2D eigenvalue weighted by molar-refractivity contribution is 5.22. The van der Waals surface area contributed by atoms with E-state index in [9.17, 15) is 5.11 Å². The van der Waals surface area contributed by atoms with Crippen LogP contribution in [0.15, 0.2) is 24.8 Å². The largest absolute Gasteiger partial charge is 0.383 e. The topological polar surface area (TPSA) is 55.9 Å². The van der Waals surface area contributed by atoms with Gasteiger partial charge in [-0.1, -0.05) is 0 Å². The van der Waals surface area contributed by atoms with Crippen molar-refractivity contribution >= 4 is 0 Å². The molecule has 0 aromatic carbocycles. The van der Waals surface area contributed by atoms with E-state index < -0.39 is 6.10 Å². The van der Waals surface area contributed by atoms with Crippen molar-refractivity contribution in [2.75, 3.05) is 0 Å². The Kier molecular flexibility index (Phi) is 3.28. The lowest BCUT2D eigenvalue weighted by atomic mass is 10.1. The van der Waals surface area contributed by atoms with E-state index >= 15 is 0 Å². The zero-order valence-electron chi connectivity index (χ0n) is 10.4. The number of hydrogen-bond acceptors (Lipinski definition) is 3. The van der Waals surface area contributed by atoms with Crippen LogP contribution in [0, 0.1) is 0 Å². The predicted octanol–water partition coefficient (Wildman–Crippen LogP) is 1.76. The summed E-state index contributed by atoms with van der Waals surface area (Å²) in [7, 11) is 0. The minimum atomic E-state index is -0.650. The third-order valence-corrected chi connectivity index (χ3v) is 2.76. The van der Waals surface area contributed by atoms with E-state index in [1.165, 1.54) is 0 Å². The van der Waals surface area contributed by atoms with E-state index in [-0.39, 0.29) is 0 Å². The normalized spacial score (nSPS) is 13.2. The van der Waals surface area contributed by atoms with Crippen molar-refractivity contribution in [3.63, 3.8) is 0 Å². The number of nitrogens with zero attached hydrogens (tertiary/aromatic N) is 4. The molecule has 1 atom stereocenters. The number of rotatable bonds is 4. The van der Waals surface area contributed by atoms with E-state index in [0.717, 1.165) is 17.7 Å². The third-order valence-electron chi connectivity index (χ3n) is 2.76. The highest BCUT2D eigenvalue weighted by Crippen LogP contribution is 2.21. The summed E-state index contributed by atoms with van der Waals surface area (Å²) in [6.45, 7) is 6.93. The summed E-state index contributed by atoms with van der Waals surface area (Å²) >= 11 is 0. The van der Waals surface area contributed by atoms with Gasteiger partial charge in [0.25, 0.3) is 0 Å². The maximum Gasteiger partial charge on any atom is 0.110 e. The average molecular weight is 234 g/mol. The molecule has 1 unspecified atom stereocenters. The second-order valence-electron chi connectivity index (χ2n) is 4.38. The van der Waals surface area contributed by atoms with Crippen LogP contribution in [0.3, 0.4) is 0 Å². The van der Waals surface area contributed by atoms with Gasteiger partial charge in [-0.25, -0.2) is 0 Å². The lowest BCUT2D eigenvalue weighted by Gasteiger charge is -2.06. The SMILES string of the molecule is CCn1cc(C(O)c2cnn(C(C)C)c2)cn1. The maximum atomic E-state index is 10.2. The average Bonchev–Trinajstić information content (AvgIpc) is 2.97. The summed E-state index contributed by atoms with van der Waals surface area (Å²) in [5.74, 6) is 0. The zero-order chi connectivity index (χ0) is 12.4. The number of aryl methyl sites for hydroxylation is 1. The smallest absolute Gasteiger partial charge is 0.110 e. The Morgan fingerprint density at radius 1 is 1.18 bits per heavy atom. The summed E-state index contributed by atoms with van der Waals surface area (Å²) < 4.78 is 3.63. The van der Waals surface area contributed by atoms with Crippen molar-refractivity contribution < 1.29 is 5.11 Å². The van der Waals surface area contributed by atoms with E-state index in [0.29, 0.717) is 6.04 Å². The van der Waals surface area contributed by atoms with Gasteiger partial charge in [-0.15, -0.1) is 0 Å². The molecule has 5 nitrogen and oxygen atoms in total. The lowest BCUT2D eigenvalue weighted by Crippen LogP contribution is -2.01. The highest BCUT2D eigenvalue weighted by Gasteiger charge is 2.15. The Bertz CT molecular complexity index is 486. The Labute approximate surface area is 101 Å². The summed E-state index contributed by atoms with van der Waals surface area (Å²) in [5, 5.41) is 18.6. The molecule has 0 amide bonds. The predicted molar refractivity (Wildman–Crippen MR) is 64.6 cm³/mol. The molecule has 2 aromatic heterocycles. The van der Waals surface area contributed by atoms with Gasteiger partial charge in [0.2, 0.25) is 0 Å². The number of aromatic nitrogens is 4. The fraction of sp³-hybridized carbons (Fsp3) is 0.500. The fourth-order valence-electron chi connectivity index (χ4n) is 1.66. The van der Waals surface area contributed by atoms with Crippen molar-refractivity contribution in [3.8, 4) is 0 Å². The molecule has 0 aliphatic carbocycles. The summed E-state index contributed by atoms with van der Waals surface area (Å²) in [6.07, 6.45) is 6.48. The second kappa shape index (κ2) is 4.71. The van der Waals surface area contributed by atoms with Crippen LogP contribution in [0.1, 0.15) is 44.0 Å². The second-order valence-corrected chi connectivity index (χ2v) is 4.38. The van der Waals surface area contributed by atoms with Crippen molar-refractivity contribution in [1.29, 1.82) is 0 Å². The van der Waals surface area contributed by atoms with E-state index in [4.69, 9.17) is 0 Å². The molecule has 17 heavy (non-hydrogen) atoms. The van der Waals surface area contributed by atoms with Gasteiger partial charge in [0.05, 0.1) is 12.4 Å². The van der Waals surface area contributed by atoms with Crippen LogP contribution in [-0.4, -0.2) is 24.7 Å². The molecule has 0 aliphatic heterocycles. The Hall–Kier alpha value is -1.62.